The average molecular weight is 481 g/mol. The van der Waals surface area contributed by atoms with Crippen LogP contribution in [0.25, 0.3) is 11.4 Å². The van der Waals surface area contributed by atoms with Gasteiger partial charge < -0.3 is 5.32 Å². The second kappa shape index (κ2) is 9.54. The lowest BCUT2D eigenvalue weighted by Crippen LogP contribution is -2.24. The van der Waals surface area contributed by atoms with Gasteiger partial charge in [-0.15, -0.1) is 10.2 Å². The van der Waals surface area contributed by atoms with Crippen LogP contribution in [0, 0.1) is 17.5 Å². The van der Waals surface area contributed by atoms with Crippen LogP contribution < -0.4 is 5.32 Å². The number of aromatic nitrogens is 3. The van der Waals surface area contributed by atoms with Crippen molar-refractivity contribution in [2.24, 2.45) is 0 Å². The first-order valence-corrected chi connectivity index (χ1v) is 11.4. The van der Waals surface area contributed by atoms with Crippen LogP contribution in [-0.2, 0) is 4.79 Å². The molecule has 2 aromatic carbocycles. The Kier molecular flexibility index (Phi) is 6.76. The molecule has 4 rings (SSSR count). The first-order valence-electron chi connectivity index (χ1n) is 10.2. The number of thioether (sulfide) groups is 1. The van der Waals surface area contributed by atoms with E-state index in [2.05, 4.69) is 15.5 Å². The van der Waals surface area contributed by atoms with Gasteiger partial charge in [0.1, 0.15) is 0 Å². The van der Waals surface area contributed by atoms with Crippen molar-refractivity contribution in [3.63, 3.8) is 0 Å². The van der Waals surface area contributed by atoms with Crippen molar-refractivity contribution < 1.29 is 18.0 Å². The summed E-state index contributed by atoms with van der Waals surface area (Å²) in [6.07, 6.45) is 4.09. The van der Waals surface area contributed by atoms with E-state index in [0.29, 0.717) is 16.0 Å². The van der Waals surface area contributed by atoms with Crippen molar-refractivity contribution in [3.05, 3.63) is 58.9 Å². The molecule has 0 spiro atoms. The van der Waals surface area contributed by atoms with E-state index < -0.39 is 34.3 Å². The molecular formula is C22H20ClF3N4OS. The Morgan fingerprint density at radius 2 is 1.84 bits per heavy atom. The Morgan fingerprint density at radius 1 is 1.12 bits per heavy atom. The molecule has 32 heavy (non-hydrogen) atoms. The monoisotopic (exact) mass is 480 g/mol. The van der Waals surface area contributed by atoms with E-state index in [1.807, 2.05) is 22.8 Å². The molecule has 10 heteroatoms. The summed E-state index contributed by atoms with van der Waals surface area (Å²) in [7, 11) is 0. The molecule has 1 N–H and O–H groups in total. The molecule has 1 aliphatic carbocycles. The largest absolute Gasteiger partial charge is 0.323 e. The molecule has 1 fully saturated rings. The van der Waals surface area contributed by atoms with E-state index in [1.165, 1.54) is 0 Å². The maximum atomic E-state index is 13.9. The Labute approximate surface area is 192 Å². The van der Waals surface area contributed by atoms with Crippen LogP contribution in [0.4, 0.5) is 18.9 Å². The first kappa shape index (κ1) is 22.7. The van der Waals surface area contributed by atoms with E-state index in [-0.39, 0.29) is 6.04 Å². The third kappa shape index (κ3) is 4.49. The number of nitrogens with one attached hydrogen (secondary N) is 1. The molecule has 1 heterocycles. The fourth-order valence-corrected chi connectivity index (χ4v) is 4.88. The molecule has 1 amide bonds. The second-order valence-corrected chi connectivity index (χ2v) is 9.28. The van der Waals surface area contributed by atoms with Gasteiger partial charge in [0, 0.05) is 11.6 Å². The molecular weight excluding hydrogens is 461 g/mol. The van der Waals surface area contributed by atoms with Gasteiger partial charge in [-0.3, -0.25) is 9.36 Å². The first-order chi connectivity index (χ1) is 15.4. The number of hydrogen-bond acceptors (Lipinski definition) is 4. The third-order valence-corrected chi connectivity index (χ3v) is 6.80. The lowest BCUT2D eigenvalue weighted by molar-refractivity contribution is -0.115. The minimum atomic E-state index is -1.63. The lowest BCUT2D eigenvalue weighted by Gasteiger charge is -2.19. The predicted molar refractivity (Wildman–Crippen MR) is 118 cm³/mol. The predicted octanol–water partition coefficient (Wildman–Crippen LogP) is 6.25. The van der Waals surface area contributed by atoms with Crippen molar-refractivity contribution in [1.82, 2.24) is 14.8 Å². The molecule has 168 valence electrons. The number of carbonyl (C=O) groups is 1. The third-order valence-electron chi connectivity index (χ3n) is 5.41. The number of hydrogen-bond donors (Lipinski definition) is 1. The van der Waals surface area contributed by atoms with Gasteiger partial charge in [-0.05, 0) is 44.0 Å². The van der Waals surface area contributed by atoms with E-state index in [4.69, 9.17) is 11.6 Å². The highest BCUT2D eigenvalue weighted by atomic mass is 35.5. The zero-order valence-electron chi connectivity index (χ0n) is 17.1. The molecule has 0 aliphatic heterocycles. The minimum absolute atomic E-state index is 0.178. The van der Waals surface area contributed by atoms with Crippen LogP contribution in [0.2, 0.25) is 5.02 Å². The second-order valence-electron chi connectivity index (χ2n) is 7.57. The fourth-order valence-electron chi connectivity index (χ4n) is 3.74. The van der Waals surface area contributed by atoms with Crippen LogP contribution in [0.5, 0.6) is 0 Å². The van der Waals surface area contributed by atoms with Crippen LogP contribution in [0.3, 0.4) is 0 Å². The van der Waals surface area contributed by atoms with Crippen LogP contribution >= 0.6 is 23.4 Å². The highest BCUT2D eigenvalue weighted by molar-refractivity contribution is 8.00. The van der Waals surface area contributed by atoms with Gasteiger partial charge in [0.15, 0.2) is 28.4 Å². The average Bonchev–Trinajstić information content (AvgIpc) is 3.44. The van der Waals surface area contributed by atoms with E-state index in [9.17, 15) is 18.0 Å². The summed E-state index contributed by atoms with van der Waals surface area (Å²) in [4.78, 5) is 12.6. The van der Waals surface area contributed by atoms with E-state index >= 15 is 0 Å². The molecule has 1 aromatic heterocycles. The van der Waals surface area contributed by atoms with E-state index in [0.717, 1.165) is 55.1 Å². The summed E-state index contributed by atoms with van der Waals surface area (Å²) in [5.74, 6) is -4.33. The summed E-state index contributed by atoms with van der Waals surface area (Å²) in [6, 6.07) is 9.28. The fraction of sp³-hybridized carbons (Fsp3) is 0.318. The minimum Gasteiger partial charge on any atom is -0.323 e. The quantitative estimate of drug-likeness (QED) is 0.334. The van der Waals surface area contributed by atoms with Crippen LogP contribution in [0.1, 0.15) is 38.6 Å². The summed E-state index contributed by atoms with van der Waals surface area (Å²) >= 11 is 7.55. The SMILES string of the molecule is CC(Sc1nnc(-c2ccccc2Cl)n1C1CCCC1)C(=O)Nc1ccc(F)c(F)c1F. The van der Waals surface area contributed by atoms with Crippen LogP contribution in [0.15, 0.2) is 41.6 Å². The molecule has 1 saturated carbocycles. The molecule has 3 aromatic rings. The van der Waals surface area contributed by atoms with Crippen molar-refractivity contribution in [3.8, 4) is 11.4 Å². The summed E-state index contributed by atoms with van der Waals surface area (Å²) in [6.45, 7) is 1.63. The van der Waals surface area contributed by atoms with Gasteiger partial charge in [0.25, 0.3) is 0 Å². The normalized spacial score (nSPS) is 15.2. The molecule has 1 unspecified atom stereocenters. The molecule has 5 nitrogen and oxygen atoms in total. The summed E-state index contributed by atoms with van der Waals surface area (Å²) in [5.41, 5.74) is 0.330. The summed E-state index contributed by atoms with van der Waals surface area (Å²) < 4.78 is 42.6. The maximum absolute atomic E-state index is 13.9. The number of halogens is 4. The van der Waals surface area contributed by atoms with Crippen LogP contribution in [-0.4, -0.2) is 25.9 Å². The number of anilines is 1. The molecule has 0 saturated heterocycles. The number of carbonyl (C=O) groups excluding carboxylic acids is 1. The lowest BCUT2D eigenvalue weighted by atomic mass is 10.2. The van der Waals surface area contributed by atoms with E-state index in [1.54, 1.807) is 13.0 Å². The maximum Gasteiger partial charge on any atom is 0.237 e. The van der Waals surface area contributed by atoms with Crippen molar-refractivity contribution >= 4 is 35.0 Å². The molecule has 0 bridgehead atoms. The van der Waals surface area contributed by atoms with Gasteiger partial charge in [-0.2, -0.15) is 0 Å². The van der Waals surface area contributed by atoms with Gasteiger partial charge in [0.05, 0.1) is 16.0 Å². The molecule has 1 aliphatic rings. The topological polar surface area (TPSA) is 59.8 Å². The zero-order valence-corrected chi connectivity index (χ0v) is 18.7. The number of benzene rings is 2. The zero-order chi connectivity index (χ0) is 22.8. The van der Waals surface area contributed by atoms with Crippen molar-refractivity contribution in [1.29, 1.82) is 0 Å². The Balaban J connectivity index is 1.59. The van der Waals surface area contributed by atoms with Gasteiger partial charge in [-0.1, -0.05) is 48.3 Å². The van der Waals surface area contributed by atoms with Gasteiger partial charge >= 0.3 is 0 Å². The number of rotatable bonds is 6. The number of nitrogens with zero attached hydrogens (tertiary/aromatic N) is 3. The van der Waals surface area contributed by atoms with Crippen molar-refractivity contribution in [2.75, 3.05) is 5.32 Å². The summed E-state index contributed by atoms with van der Waals surface area (Å²) in [5, 5.41) is 11.4. The Bertz CT molecular complexity index is 1150. The highest BCUT2D eigenvalue weighted by Crippen LogP contribution is 2.39. The smallest absolute Gasteiger partial charge is 0.237 e. The van der Waals surface area contributed by atoms with Crippen molar-refractivity contribution in [2.45, 2.75) is 49.1 Å². The highest BCUT2D eigenvalue weighted by Gasteiger charge is 2.28. The number of amides is 1. The van der Waals surface area contributed by atoms with Gasteiger partial charge in [0.2, 0.25) is 5.91 Å². The molecule has 1 atom stereocenters. The molecule has 0 radical (unpaired) electrons. The Hall–Kier alpha value is -2.52. The standard InChI is InChI=1S/C22H20ClF3N4OS/c1-12(21(31)27-17-11-10-16(24)18(25)19(17)26)32-22-29-28-20(14-8-4-5-9-15(14)23)30(22)13-6-2-3-7-13/h4-5,8-13H,2-3,6-7H2,1H3,(H,27,31). The Morgan fingerprint density at radius 3 is 2.56 bits per heavy atom. The van der Waals surface area contributed by atoms with Gasteiger partial charge in [-0.25, -0.2) is 13.2 Å².